The number of pyridine rings is 1. The number of nitrogens with one attached hydrogen (secondary N) is 1. The fourth-order valence-corrected chi connectivity index (χ4v) is 3.88. The molecule has 5 nitrogen and oxygen atoms in total. The molecule has 0 fully saturated rings. The van der Waals surface area contributed by atoms with E-state index in [0.29, 0.717) is 22.6 Å². The van der Waals surface area contributed by atoms with E-state index in [9.17, 15) is 4.79 Å². The first-order valence-corrected chi connectivity index (χ1v) is 10.2. The fraction of sp³-hybridized carbons (Fsp3) is 0.286. The Balaban J connectivity index is 1.74. The van der Waals surface area contributed by atoms with Crippen LogP contribution in [0.4, 0.5) is 0 Å². The highest BCUT2D eigenvalue weighted by molar-refractivity contribution is 7.19. The summed E-state index contributed by atoms with van der Waals surface area (Å²) in [7, 11) is 0. The van der Waals surface area contributed by atoms with E-state index >= 15 is 0 Å². The molecule has 7 heteroatoms. The minimum atomic E-state index is -0.0608. The average Bonchev–Trinajstić information content (AvgIpc) is 3.08. The molecule has 3 rings (SSSR count). The number of benzene rings is 1. The van der Waals surface area contributed by atoms with Crippen LogP contribution < -0.4 is 10.1 Å². The van der Waals surface area contributed by atoms with E-state index in [1.807, 2.05) is 37.3 Å². The van der Waals surface area contributed by atoms with Crippen molar-refractivity contribution in [3.63, 3.8) is 0 Å². The van der Waals surface area contributed by atoms with E-state index in [1.165, 1.54) is 6.92 Å². The van der Waals surface area contributed by atoms with Gasteiger partial charge in [-0.2, -0.15) is 0 Å². The molecule has 0 aliphatic carbocycles. The molecule has 146 valence electrons. The van der Waals surface area contributed by atoms with Gasteiger partial charge in [0.05, 0.1) is 15.2 Å². The Kier molecular flexibility index (Phi) is 6.31. The Labute approximate surface area is 173 Å². The van der Waals surface area contributed by atoms with Crippen LogP contribution in [0.25, 0.3) is 16.3 Å². The van der Waals surface area contributed by atoms with Crippen molar-refractivity contribution in [1.29, 1.82) is 0 Å². The van der Waals surface area contributed by atoms with E-state index < -0.39 is 0 Å². The van der Waals surface area contributed by atoms with Gasteiger partial charge in [0.2, 0.25) is 11.8 Å². The zero-order valence-electron chi connectivity index (χ0n) is 16.2. The van der Waals surface area contributed by atoms with E-state index in [2.05, 4.69) is 29.1 Å². The van der Waals surface area contributed by atoms with Gasteiger partial charge in [0.15, 0.2) is 0 Å². The maximum absolute atomic E-state index is 11.0. The number of carbonyl (C=O) groups is 1. The third-order valence-corrected chi connectivity index (χ3v) is 5.83. The van der Waals surface area contributed by atoms with Crippen molar-refractivity contribution in [3.8, 4) is 11.6 Å². The molecule has 2 aromatic heterocycles. The van der Waals surface area contributed by atoms with Gasteiger partial charge in [0, 0.05) is 31.1 Å². The minimum absolute atomic E-state index is 0.0471. The highest BCUT2D eigenvalue weighted by Crippen LogP contribution is 2.39. The molecule has 2 heterocycles. The number of thiazole rings is 1. The van der Waals surface area contributed by atoms with Crippen LogP contribution in [0.15, 0.2) is 36.5 Å². The van der Waals surface area contributed by atoms with Crippen LogP contribution in [-0.4, -0.2) is 21.9 Å². The van der Waals surface area contributed by atoms with Crippen LogP contribution in [0.2, 0.25) is 5.02 Å². The molecule has 0 saturated carbocycles. The van der Waals surface area contributed by atoms with Crippen molar-refractivity contribution in [2.24, 2.45) is 0 Å². The molecule has 1 atom stereocenters. The molecule has 1 aromatic carbocycles. The SMILES string of the molecule is CC(=O)N[C@@H](C)/C=C/c1ccc(Oc2ccc3nc(C(C)C)sc3c2Cl)nc1. The van der Waals surface area contributed by atoms with Gasteiger partial charge in [-0.25, -0.2) is 9.97 Å². The molecule has 0 radical (unpaired) electrons. The molecule has 1 N–H and O–H groups in total. The summed E-state index contributed by atoms with van der Waals surface area (Å²) in [5.41, 5.74) is 1.79. The van der Waals surface area contributed by atoms with Gasteiger partial charge in [-0.3, -0.25) is 4.79 Å². The molecule has 0 aliphatic rings. The predicted molar refractivity (Wildman–Crippen MR) is 115 cm³/mol. The molecule has 1 amide bonds. The number of fused-ring (bicyclic) bond motifs is 1. The second-order valence-electron chi connectivity index (χ2n) is 6.81. The lowest BCUT2D eigenvalue weighted by Crippen LogP contribution is -2.28. The summed E-state index contributed by atoms with van der Waals surface area (Å²) in [5.74, 6) is 1.31. The number of halogens is 1. The Morgan fingerprint density at radius 1 is 1.25 bits per heavy atom. The molecular formula is C21H22ClN3O2S. The molecular weight excluding hydrogens is 394 g/mol. The maximum atomic E-state index is 11.0. The van der Waals surface area contributed by atoms with Crippen LogP contribution in [0.1, 0.15) is 44.2 Å². The zero-order valence-corrected chi connectivity index (χ0v) is 17.8. The Morgan fingerprint density at radius 2 is 2.04 bits per heavy atom. The summed E-state index contributed by atoms with van der Waals surface area (Å²) >= 11 is 8.13. The van der Waals surface area contributed by atoms with Gasteiger partial charge in [-0.05, 0) is 30.7 Å². The summed E-state index contributed by atoms with van der Waals surface area (Å²) in [4.78, 5) is 20.0. The average molecular weight is 416 g/mol. The molecule has 0 aliphatic heterocycles. The fourth-order valence-electron chi connectivity index (χ4n) is 2.57. The van der Waals surface area contributed by atoms with Crippen LogP contribution in [0, 0.1) is 0 Å². The van der Waals surface area contributed by atoms with Gasteiger partial charge in [0.25, 0.3) is 0 Å². The lowest BCUT2D eigenvalue weighted by molar-refractivity contribution is -0.119. The number of carbonyl (C=O) groups excluding carboxylic acids is 1. The van der Waals surface area contributed by atoms with Gasteiger partial charge in [-0.1, -0.05) is 37.6 Å². The lowest BCUT2D eigenvalue weighted by Gasteiger charge is -2.08. The number of hydrogen-bond acceptors (Lipinski definition) is 5. The first-order chi connectivity index (χ1) is 13.3. The van der Waals surface area contributed by atoms with Gasteiger partial charge < -0.3 is 10.1 Å². The van der Waals surface area contributed by atoms with E-state index in [1.54, 1.807) is 23.6 Å². The quantitative estimate of drug-likeness (QED) is 0.552. The highest BCUT2D eigenvalue weighted by Gasteiger charge is 2.14. The van der Waals surface area contributed by atoms with E-state index in [4.69, 9.17) is 16.3 Å². The van der Waals surface area contributed by atoms with Crippen molar-refractivity contribution in [2.45, 2.75) is 39.7 Å². The molecule has 0 bridgehead atoms. The molecule has 0 saturated heterocycles. The normalized spacial score (nSPS) is 12.6. The van der Waals surface area contributed by atoms with Crippen LogP contribution in [-0.2, 0) is 4.79 Å². The number of hydrogen-bond donors (Lipinski definition) is 1. The molecule has 0 spiro atoms. The second kappa shape index (κ2) is 8.71. The topological polar surface area (TPSA) is 64.1 Å². The standard InChI is InChI=1S/C21H22ClN3O2S/c1-12(2)21-25-16-8-9-17(19(22)20(16)28-21)27-18-10-7-15(11-23-18)6-5-13(3)24-14(4)26/h5-13H,1-4H3,(H,24,26)/b6-5+/t13-/m0/s1. The van der Waals surface area contributed by atoms with Gasteiger partial charge in [-0.15, -0.1) is 11.3 Å². The lowest BCUT2D eigenvalue weighted by atomic mass is 10.2. The Morgan fingerprint density at radius 3 is 2.68 bits per heavy atom. The summed E-state index contributed by atoms with van der Waals surface area (Å²) < 4.78 is 6.80. The Bertz CT molecular complexity index is 1010. The summed E-state index contributed by atoms with van der Waals surface area (Å²) in [6.07, 6.45) is 5.52. The third kappa shape index (κ3) is 4.88. The summed E-state index contributed by atoms with van der Waals surface area (Å²) in [6.45, 7) is 7.63. The van der Waals surface area contributed by atoms with Crippen molar-refractivity contribution in [3.05, 3.63) is 52.1 Å². The van der Waals surface area contributed by atoms with Crippen LogP contribution >= 0.6 is 22.9 Å². The van der Waals surface area contributed by atoms with Crippen molar-refractivity contribution < 1.29 is 9.53 Å². The van der Waals surface area contributed by atoms with Crippen molar-refractivity contribution in [2.75, 3.05) is 0 Å². The second-order valence-corrected chi connectivity index (χ2v) is 8.22. The van der Waals surface area contributed by atoms with Crippen molar-refractivity contribution in [1.82, 2.24) is 15.3 Å². The third-order valence-electron chi connectivity index (χ3n) is 3.95. The predicted octanol–water partition coefficient (Wildman–Crippen LogP) is 5.80. The molecule has 0 unspecified atom stereocenters. The highest BCUT2D eigenvalue weighted by atomic mass is 35.5. The number of ether oxygens (including phenoxy) is 1. The van der Waals surface area contributed by atoms with E-state index in [0.717, 1.165) is 20.8 Å². The number of aromatic nitrogens is 2. The summed E-state index contributed by atoms with van der Waals surface area (Å²) in [5, 5.41) is 4.40. The number of amides is 1. The number of rotatable bonds is 6. The maximum Gasteiger partial charge on any atom is 0.219 e. The molecule has 28 heavy (non-hydrogen) atoms. The number of nitrogens with zero attached hydrogens (tertiary/aromatic N) is 2. The first-order valence-electron chi connectivity index (χ1n) is 9.01. The monoisotopic (exact) mass is 415 g/mol. The Hall–Kier alpha value is -2.44. The van der Waals surface area contributed by atoms with Crippen molar-refractivity contribution >= 4 is 45.1 Å². The van der Waals surface area contributed by atoms with Gasteiger partial charge in [0.1, 0.15) is 10.8 Å². The largest absolute Gasteiger partial charge is 0.437 e. The summed E-state index contributed by atoms with van der Waals surface area (Å²) in [6, 6.07) is 7.37. The van der Waals surface area contributed by atoms with Crippen LogP contribution in [0.3, 0.4) is 0 Å². The first kappa shape index (κ1) is 20.3. The van der Waals surface area contributed by atoms with Gasteiger partial charge >= 0.3 is 0 Å². The van der Waals surface area contributed by atoms with Crippen LogP contribution in [0.5, 0.6) is 11.6 Å². The smallest absolute Gasteiger partial charge is 0.219 e. The minimum Gasteiger partial charge on any atom is -0.437 e. The van der Waals surface area contributed by atoms with E-state index in [-0.39, 0.29) is 11.9 Å². The molecule has 3 aromatic rings. The zero-order chi connectivity index (χ0) is 20.3.